The van der Waals surface area contributed by atoms with Gasteiger partial charge >= 0.3 is 0 Å². The van der Waals surface area contributed by atoms with E-state index in [-0.39, 0.29) is 18.1 Å². The average molecular weight is 361 g/mol. The molecule has 0 bridgehead atoms. The first kappa shape index (κ1) is 17.8. The van der Waals surface area contributed by atoms with Crippen molar-refractivity contribution in [3.8, 4) is 5.75 Å². The van der Waals surface area contributed by atoms with Crippen molar-refractivity contribution in [2.45, 2.75) is 45.8 Å². The number of hydrogen-bond acceptors (Lipinski definition) is 6. The molecule has 1 aliphatic heterocycles. The van der Waals surface area contributed by atoms with Gasteiger partial charge in [-0.2, -0.15) is 0 Å². The molecule has 0 spiro atoms. The minimum absolute atomic E-state index is 0.00530. The molecule has 2 aromatic rings. The predicted molar refractivity (Wildman–Crippen MR) is 96.0 cm³/mol. The molecular weight excluding hydrogens is 338 g/mol. The molecule has 0 unspecified atom stereocenters. The zero-order valence-corrected chi connectivity index (χ0v) is 15.6. The average Bonchev–Trinajstić information content (AvgIpc) is 2.88. The Balaban J connectivity index is 1.61. The summed E-state index contributed by atoms with van der Waals surface area (Å²) in [6.45, 7) is 6.90. The lowest BCUT2D eigenvalue weighted by Gasteiger charge is -2.32. The summed E-state index contributed by atoms with van der Waals surface area (Å²) in [4.78, 5) is 22.1. The first-order valence-corrected chi connectivity index (χ1v) is 9.22. The first-order valence-electron chi connectivity index (χ1n) is 8.40. The molecule has 0 saturated carbocycles. The zero-order chi connectivity index (χ0) is 17.8. The third kappa shape index (κ3) is 4.76. The van der Waals surface area contributed by atoms with Gasteiger partial charge in [-0.1, -0.05) is 0 Å². The first-order chi connectivity index (χ1) is 12.0. The standard InChI is InChI=1S/C18H23N3O3S/c1-11-4-5-14(9-19-11)24-16-10-23-7-6-15(16)21-18(22)8-17-12(2)20-13(3)25-17/h4-5,9,15-16H,6-8,10H2,1-3H3,(H,21,22)/t15-,16+/m0/s1. The molecule has 1 amide bonds. The Labute approximate surface area is 151 Å². The van der Waals surface area contributed by atoms with Gasteiger partial charge in [0, 0.05) is 17.2 Å². The van der Waals surface area contributed by atoms with E-state index in [0.29, 0.717) is 25.4 Å². The van der Waals surface area contributed by atoms with E-state index in [0.717, 1.165) is 27.7 Å². The van der Waals surface area contributed by atoms with Crippen LogP contribution in [0.1, 0.15) is 27.7 Å². The van der Waals surface area contributed by atoms with Crippen LogP contribution in [-0.2, 0) is 16.0 Å². The highest BCUT2D eigenvalue weighted by Gasteiger charge is 2.29. The van der Waals surface area contributed by atoms with Crippen LogP contribution in [0, 0.1) is 20.8 Å². The van der Waals surface area contributed by atoms with Gasteiger partial charge in [-0.25, -0.2) is 4.98 Å². The minimum atomic E-state index is -0.216. The van der Waals surface area contributed by atoms with E-state index in [1.165, 1.54) is 0 Å². The molecule has 6 nitrogen and oxygen atoms in total. The highest BCUT2D eigenvalue weighted by Crippen LogP contribution is 2.19. The Kier molecular flexibility index (Phi) is 5.65. The summed E-state index contributed by atoms with van der Waals surface area (Å²) in [5, 5.41) is 4.09. The Morgan fingerprint density at radius 1 is 1.40 bits per heavy atom. The van der Waals surface area contributed by atoms with Gasteiger partial charge in [0.25, 0.3) is 0 Å². The second-order valence-electron chi connectivity index (χ2n) is 6.25. The number of ether oxygens (including phenoxy) is 2. The van der Waals surface area contributed by atoms with E-state index < -0.39 is 0 Å². The Bertz CT molecular complexity index is 730. The maximum Gasteiger partial charge on any atom is 0.225 e. The van der Waals surface area contributed by atoms with Gasteiger partial charge in [0.1, 0.15) is 11.9 Å². The van der Waals surface area contributed by atoms with Gasteiger partial charge in [0.15, 0.2) is 0 Å². The fourth-order valence-corrected chi connectivity index (χ4v) is 3.77. The van der Waals surface area contributed by atoms with Gasteiger partial charge in [0.05, 0.1) is 36.0 Å². The Hall–Kier alpha value is -1.99. The van der Waals surface area contributed by atoms with E-state index in [9.17, 15) is 4.79 Å². The van der Waals surface area contributed by atoms with Crippen LogP contribution in [0.4, 0.5) is 0 Å². The molecule has 1 fully saturated rings. The molecule has 3 heterocycles. The largest absolute Gasteiger partial charge is 0.484 e. The van der Waals surface area contributed by atoms with E-state index in [4.69, 9.17) is 9.47 Å². The van der Waals surface area contributed by atoms with Crippen molar-refractivity contribution in [2.75, 3.05) is 13.2 Å². The van der Waals surface area contributed by atoms with Gasteiger partial charge in [-0.05, 0) is 39.3 Å². The lowest BCUT2D eigenvalue weighted by atomic mass is 10.1. The summed E-state index contributed by atoms with van der Waals surface area (Å²) in [6.07, 6.45) is 2.57. The molecule has 134 valence electrons. The number of nitrogens with zero attached hydrogens (tertiary/aromatic N) is 2. The van der Waals surface area contributed by atoms with E-state index in [2.05, 4.69) is 15.3 Å². The van der Waals surface area contributed by atoms with Crippen molar-refractivity contribution in [3.05, 3.63) is 39.6 Å². The summed E-state index contributed by atoms with van der Waals surface area (Å²) in [6, 6.07) is 3.72. The lowest BCUT2D eigenvalue weighted by Crippen LogP contribution is -2.51. The maximum absolute atomic E-state index is 12.4. The molecule has 3 rings (SSSR count). The van der Waals surface area contributed by atoms with Crippen molar-refractivity contribution in [1.29, 1.82) is 0 Å². The summed E-state index contributed by atoms with van der Waals surface area (Å²) in [5.41, 5.74) is 1.87. The molecule has 25 heavy (non-hydrogen) atoms. The molecule has 0 radical (unpaired) electrons. The highest BCUT2D eigenvalue weighted by atomic mass is 32.1. The second kappa shape index (κ2) is 7.93. The Morgan fingerprint density at radius 2 is 2.24 bits per heavy atom. The van der Waals surface area contributed by atoms with Gasteiger partial charge in [-0.3, -0.25) is 9.78 Å². The summed E-state index contributed by atoms with van der Waals surface area (Å²) >= 11 is 1.57. The molecule has 1 N–H and O–H groups in total. The molecule has 2 atom stereocenters. The van der Waals surface area contributed by atoms with E-state index in [1.54, 1.807) is 17.5 Å². The predicted octanol–water partition coefficient (Wildman–Crippen LogP) is 2.36. The van der Waals surface area contributed by atoms with Crippen LogP contribution in [0.5, 0.6) is 5.75 Å². The third-order valence-electron chi connectivity index (χ3n) is 4.14. The number of nitrogens with one attached hydrogen (secondary N) is 1. The van der Waals surface area contributed by atoms with E-state index >= 15 is 0 Å². The zero-order valence-electron chi connectivity index (χ0n) is 14.7. The van der Waals surface area contributed by atoms with Crippen LogP contribution in [0.15, 0.2) is 18.3 Å². The topological polar surface area (TPSA) is 73.3 Å². The molecule has 0 aromatic carbocycles. The molecular formula is C18H23N3O3S. The Morgan fingerprint density at radius 3 is 2.92 bits per heavy atom. The maximum atomic E-state index is 12.4. The van der Waals surface area contributed by atoms with Gasteiger partial charge in [-0.15, -0.1) is 11.3 Å². The normalized spacial score (nSPS) is 20.3. The number of carbonyl (C=O) groups is 1. The van der Waals surface area contributed by atoms with Crippen LogP contribution < -0.4 is 10.1 Å². The number of aryl methyl sites for hydroxylation is 3. The monoisotopic (exact) mass is 361 g/mol. The van der Waals surface area contributed by atoms with Gasteiger partial charge in [0.2, 0.25) is 5.91 Å². The van der Waals surface area contributed by atoms with Crippen molar-refractivity contribution >= 4 is 17.2 Å². The van der Waals surface area contributed by atoms with Gasteiger partial charge < -0.3 is 14.8 Å². The van der Waals surface area contributed by atoms with Crippen LogP contribution in [-0.4, -0.2) is 41.2 Å². The fourth-order valence-electron chi connectivity index (χ4n) is 2.83. The smallest absolute Gasteiger partial charge is 0.225 e. The van der Waals surface area contributed by atoms with Crippen molar-refractivity contribution in [2.24, 2.45) is 0 Å². The SMILES string of the molecule is Cc1ccc(O[C@@H]2COCC[C@@H]2NC(=O)Cc2sc(C)nc2C)cn1. The molecule has 1 saturated heterocycles. The molecule has 0 aliphatic carbocycles. The number of amides is 1. The highest BCUT2D eigenvalue weighted by molar-refractivity contribution is 7.11. The number of aromatic nitrogens is 2. The van der Waals surface area contributed by atoms with Crippen LogP contribution >= 0.6 is 11.3 Å². The van der Waals surface area contributed by atoms with Crippen molar-refractivity contribution in [1.82, 2.24) is 15.3 Å². The van der Waals surface area contributed by atoms with Crippen molar-refractivity contribution < 1.29 is 14.3 Å². The number of carbonyl (C=O) groups excluding carboxylic acids is 1. The van der Waals surface area contributed by atoms with Crippen molar-refractivity contribution in [3.63, 3.8) is 0 Å². The molecule has 2 aromatic heterocycles. The molecule has 1 aliphatic rings. The van der Waals surface area contributed by atoms with Crippen LogP contribution in [0.2, 0.25) is 0 Å². The number of pyridine rings is 1. The lowest BCUT2D eigenvalue weighted by molar-refractivity contribution is -0.123. The number of thiazole rings is 1. The quantitative estimate of drug-likeness (QED) is 0.885. The second-order valence-corrected chi connectivity index (χ2v) is 7.54. The summed E-state index contributed by atoms with van der Waals surface area (Å²) in [5.74, 6) is 0.684. The van der Waals surface area contributed by atoms with E-state index in [1.807, 2.05) is 32.9 Å². The fraction of sp³-hybridized carbons (Fsp3) is 0.500. The van der Waals surface area contributed by atoms with Crippen LogP contribution in [0.3, 0.4) is 0 Å². The summed E-state index contributed by atoms with van der Waals surface area (Å²) in [7, 11) is 0. The van der Waals surface area contributed by atoms with Crippen LogP contribution in [0.25, 0.3) is 0 Å². The number of rotatable bonds is 5. The molecule has 7 heteroatoms. The number of hydrogen-bond donors (Lipinski definition) is 1. The summed E-state index contributed by atoms with van der Waals surface area (Å²) < 4.78 is 11.5. The minimum Gasteiger partial charge on any atom is -0.484 e. The third-order valence-corrected chi connectivity index (χ3v) is 5.22.